The van der Waals surface area contributed by atoms with Crippen LogP contribution in [0.4, 0.5) is 8.78 Å². The van der Waals surface area contributed by atoms with Crippen molar-refractivity contribution in [1.82, 2.24) is 10.2 Å². The van der Waals surface area contributed by atoms with Crippen LogP contribution in [0, 0.1) is 5.92 Å². The van der Waals surface area contributed by atoms with Gasteiger partial charge in [0.05, 0.1) is 12.6 Å². The first-order valence-corrected chi connectivity index (χ1v) is 7.98. The van der Waals surface area contributed by atoms with E-state index in [-0.39, 0.29) is 43.7 Å². The van der Waals surface area contributed by atoms with Crippen molar-refractivity contribution in [2.24, 2.45) is 11.7 Å². The molecule has 1 rings (SSSR count). The Labute approximate surface area is 150 Å². The summed E-state index contributed by atoms with van der Waals surface area (Å²) >= 11 is 0. The zero-order valence-electron chi connectivity index (χ0n) is 14.0. The van der Waals surface area contributed by atoms with Gasteiger partial charge in [0, 0.05) is 13.0 Å². The number of nitrogens with one attached hydrogen (secondary N) is 1. The highest BCUT2D eigenvalue weighted by atomic mass is 35.5. The van der Waals surface area contributed by atoms with Gasteiger partial charge in [0.2, 0.25) is 5.91 Å². The highest BCUT2D eigenvalue weighted by molar-refractivity contribution is 5.85. The molecule has 1 saturated heterocycles. The van der Waals surface area contributed by atoms with E-state index >= 15 is 0 Å². The molecule has 1 unspecified atom stereocenters. The molecule has 0 aromatic carbocycles. The Morgan fingerprint density at radius 1 is 1.35 bits per heavy atom. The lowest BCUT2D eigenvalue weighted by molar-refractivity contribution is -0.133. The first-order chi connectivity index (χ1) is 9.85. The van der Waals surface area contributed by atoms with E-state index in [0.29, 0.717) is 12.3 Å². The first kappa shape index (κ1) is 25.1. The van der Waals surface area contributed by atoms with Gasteiger partial charge in [-0.25, -0.2) is 8.78 Å². The third kappa shape index (κ3) is 9.65. The zero-order chi connectivity index (χ0) is 15.9. The first-order valence-electron chi connectivity index (χ1n) is 7.98. The highest BCUT2D eigenvalue weighted by Crippen LogP contribution is 2.27. The van der Waals surface area contributed by atoms with Gasteiger partial charge in [-0.2, -0.15) is 0 Å². The number of carbonyl (C=O) groups excluding carboxylic acids is 1. The molecule has 0 aromatic heterocycles. The second-order valence-corrected chi connectivity index (χ2v) is 6.19. The van der Waals surface area contributed by atoms with Gasteiger partial charge in [-0.05, 0) is 31.8 Å². The Morgan fingerprint density at radius 2 is 2.00 bits per heavy atom. The quantitative estimate of drug-likeness (QED) is 0.607. The Kier molecular flexibility index (Phi) is 13.3. The van der Waals surface area contributed by atoms with E-state index in [1.165, 1.54) is 4.90 Å². The fourth-order valence-electron chi connectivity index (χ4n) is 2.39. The maximum Gasteiger partial charge on any atom is 0.267 e. The SMILES string of the molecule is CCC(C)CNCCCC[C@H](N)C(=O)N1CCC(F)(F)C1.Cl.Cl. The number of unbranched alkanes of at least 4 members (excludes halogenated alkanes) is 1. The molecule has 1 heterocycles. The van der Waals surface area contributed by atoms with Crippen LogP contribution in [0.3, 0.4) is 0 Å². The van der Waals surface area contributed by atoms with Crippen molar-refractivity contribution < 1.29 is 13.6 Å². The van der Waals surface area contributed by atoms with Crippen molar-refractivity contribution in [2.45, 2.75) is 57.9 Å². The summed E-state index contributed by atoms with van der Waals surface area (Å²) < 4.78 is 26.1. The van der Waals surface area contributed by atoms with Crippen LogP contribution in [0.1, 0.15) is 46.0 Å². The van der Waals surface area contributed by atoms with E-state index in [1.807, 2.05) is 0 Å². The fourth-order valence-corrected chi connectivity index (χ4v) is 2.39. The van der Waals surface area contributed by atoms with Gasteiger partial charge < -0.3 is 16.0 Å². The summed E-state index contributed by atoms with van der Waals surface area (Å²) in [6, 6.07) is -0.645. The van der Waals surface area contributed by atoms with Crippen LogP contribution < -0.4 is 11.1 Å². The molecule has 2 atom stereocenters. The molecule has 1 aliphatic heterocycles. The van der Waals surface area contributed by atoms with E-state index in [9.17, 15) is 13.6 Å². The monoisotopic (exact) mass is 377 g/mol. The molecule has 8 heteroatoms. The number of rotatable bonds is 9. The number of hydrogen-bond acceptors (Lipinski definition) is 3. The lowest BCUT2D eigenvalue weighted by Crippen LogP contribution is -2.43. The van der Waals surface area contributed by atoms with Crippen molar-refractivity contribution in [3.63, 3.8) is 0 Å². The van der Waals surface area contributed by atoms with Gasteiger partial charge in [-0.3, -0.25) is 4.79 Å². The molecule has 0 spiro atoms. The Bertz CT molecular complexity index is 336. The number of nitrogens with two attached hydrogens (primary N) is 1. The van der Waals surface area contributed by atoms with E-state index in [0.717, 1.165) is 32.4 Å². The lowest BCUT2D eigenvalue weighted by atomic mass is 10.1. The Hall–Kier alpha value is -0.170. The summed E-state index contributed by atoms with van der Waals surface area (Å²) in [6.45, 7) is 5.93. The molecule has 140 valence electrons. The molecule has 3 N–H and O–H groups in total. The van der Waals surface area contributed by atoms with Crippen LogP contribution in [0.2, 0.25) is 0 Å². The second-order valence-electron chi connectivity index (χ2n) is 6.19. The molecule has 0 aromatic rings. The third-order valence-electron chi connectivity index (χ3n) is 4.11. The van der Waals surface area contributed by atoms with Gasteiger partial charge in [0.15, 0.2) is 0 Å². The molecule has 23 heavy (non-hydrogen) atoms. The van der Waals surface area contributed by atoms with Crippen LogP contribution in [0.5, 0.6) is 0 Å². The van der Waals surface area contributed by atoms with Gasteiger partial charge >= 0.3 is 0 Å². The fraction of sp³-hybridized carbons (Fsp3) is 0.933. The van der Waals surface area contributed by atoms with Crippen LogP contribution in [0.25, 0.3) is 0 Å². The molecule has 0 saturated carbocycles. The average molecular weight is 378 g/mol. The number of halogens is 4. The standard InChI is InChI=1S/C15H29F2N3O.2ClH/c1-3-12(2)10-19-8-5-4-6-13(18)14(21)20-9-7-15(16,17)11-20;;/h12-13,19H,3-11,18H2,1-2H3;2*1H/t12?,13-;;/m0../s1. The molecule has 0 aliphatic carbocycles. The summed E-state index contributed by atoms with van der Waals surface area (Å²) in [5.74, 6) is -2.40. The Balaban J connectivity index is 0. The number of carbonyl (C=O) groups is 1. The second kappa shape index (κ2) is 12.2. The maximum atomic E-state index is 13.1. The molecular formula is C15H31Cl2F2N3O. The molecular weight excluding hydrogens is 347 g/mol. The smallest absolute Gasteiger partial charge is 0.267 e. The van der Waals surface area contributed by atoms with E-state index in [1.54, 1.807) is 0 Å². The molecule has 4 nitrogen and oxygen atoms in total. The summed E-state index contributed by atoms with van der Waals surface area (Å²) in [6.07, 6.45) is 3.27. The predicted molar refractivity (Wildman–Crippen MR) is 94.8 cm³/mol. The van der Waals surface area contributed by atoms with Crippen molar-refractivity contribution in [2.75, 3.05) is 26.2 Å². The topological polar surface area (TPSA) is 58.4 Å². The van der Waals surface area contributed by atoms with E-state index in [2.05, 4.69) is 19.2 Å². The number of amides is 1. The molecule has 1 fully saturated rings. The zero-order valence-corrected chi connectivity index (χ0v) is 15.7. The van der Waals surface area contributed by atoms with Crippen molar-refractivity contribution >= 4 is 30.7 Å². The van der Waals surface area contributed by atoms with Crippen molar-refractivity contribution in [1.29, 1.82) is 0 Å². The Morgan fingerprint density at radius 3 is 2.52 bits per heavy atom. The van der Waals surface area contributed by atoms with Gasteiger partial charge in [-0.1, -0.05) is 26.7 Å². The summed E-state index contributed by atoms with van der Waals surface area (Å²) in [7, 11) is 0. The normalized spacial score (nSPS) is 18.7. The van der Waals surface area contributed by atoms with Gasteiger partial charge in [0.1, 0.15) is 0 Å². The van der Waals surface area contributed by atoms with Gasteiger partial charge in [0.25, 0.3) is 5.92 Å². The van der Waals surface area contributed by atoms with Crippen LogP contribution in [0.15, 0.2) is 0 Å². The molecule has 0 bridgehead atoms. The van der Waals surface area contributed by atoms with Crippen LogP contribution in [-0.4, -0.2) is 49.0 Å². The minimum absolute atomic E-state index is 0. The molecule has 1 amide bonds. The summed E-state index contributed by atoms with van der Waals surface area (Å²) in [5, 5.41) is 3.37. The largest absolute Gasteiger partial charge is 0.335 e. The third-order valence-corrected chi connectivity index (χ3v) is 4.11. The molecule has 0 radical (unpaired) electrons. The molecule has 1 aliphatic rings. The summed E-state index contributed by atoms with van der Waals surface area (Å²) in [5.41, 5.74) is 5.81. The van der Waals surface area contributed by atoms with Gasteiger partial charge in [-0.15, -0.1) is 24.8 Å². The maximum absolute atomic E-state index is 13.1. The van der Waals surface area contributed by atoms with Crippen molar-refractivity contribution in [3.8, 4) is 0 Å². The average Bonchev–Trinajstić information content (AvgIpc) is 2.81. The number of likely N-dealkylation sites (tertiary alicyclic amines) is 1. The van der Waals surface area contributed by atoms with Crippen LogP contribution >= 0.6 is 24.8 Å². The van der Waals surface area contributed by atoms with E-state index < -0.39 is 18.5 Å². The highest BCUT2D eigenvalue weighted by Gasteiger charge is 2.41. The predicted octanol–water partition coefficient (Wildman–Crippen LogP) is 2.83. The minimum atomic E-state index is -2.74. The van der Waals surface area contributed by atoms with Crippen LogP contribution in [-0.2, 0) is 4.79 Å². The minimum Gasteiger partial charge on any atom is -0.335 e. The van der Waals surface area contributed by atoms with Crippen molar-refractivity contribution in [3.05, 3.63) is 0 Å². The van der Waals surface area contributed by atoms with E-state index in [4.69, 9.17) is 5.73 Å². The number of alkyl halides is 2. The number of nitrogens with zero attached hydrogens (tertiary/aromatic N) is 1. The number of hydrogen-bond donors (Lipinski definition) is 2. The summed E-state index contributed by atoms with van der Waals surface area (Å²) in [4.78, 5) is 13.1. The lowest BCUT2D eigenvalue weighted by Gasteiger charge is -2.20.